The second-order valence-electron chi connectivity index (χ2n) is 7.05. The van der Waals surface area contributed by atoms with E-state index in [1.165, 1.54) is 0 Å². The van der Waals surface area contributed by atoms with E-state index >= 15 is 0 Å². The van der Waals surface area contributed by atoms with E-state index in [0.29, 0.717) is 37.4 Å². The standard InChI is InChI=1S/C21H22FN5O/c1-28-19-4-2-3-18-20(19)25-21(26-10-9-16(22)17(24)13-26)27(18)12-15-7-5-14(11-23)6-8-15/h2-8,16-17H,9-10,12-13,24H2,1H3/t16-,17-/m1/s1. The molecule has 0 radical (unpaired) electrons. The lowest BCUT2D eigenvalue weighted by atomic mass is 10.1. The van der Waals surface area contributed by atoms with E-state index < -0.39 is 12.2 Å². The number of ether oxygens (including phenoxy) is 1. The molecule has 1 aliphatic rings. The molecular formula is C21H22FN5O. The van der Waals surface area contributed by atoms with Gasteiger partial charge in [0.2, 0.25) is 5.95 Å². The normalized spacial score (nSPS) is 19.6. The lowest BCUT2D eigenvalue weighted by Crippen LogP contribution is -2.50. The molecule has 1 aromatic heterocycles. The van der Waals surface area contributed by atoms with Crippen molar-refractivity contribution < 1.29 is 9.13 Å². The van der Waals surface area contributed by atoms with Crippen LogP contribution in [-0.4, -0.2) is 42.0 Å². The molecule has 2 N–H and O–H groups in total. The Morgan fingerprint density at radius 3 is 2.75 bits per heavy atom. The van der Waals surface area contributed by atoms with Crippen LogP contribution in [0.25, 0.3) is 11.0 Å². The van der Waals surface area contributed by atoms with E-state index in [2.05, 4.69) is 10.6 Å². The minimum absolute atomic E-state index is 0.387. The predicted octanol–water partition coefficient (Wildman–Crippen LogP) is 2.84. The highest BCUT2D eigenvalue weighted by Crippen LogP contribution is 2.31. The molecule has 2 atom stereocenters. The van der Waals surface area contributed by atoms with Crippen LogP contribution < -0.4 is 15.4 Å². The number of aromatic nitrogens is 2. The molecule has 28 heavy (non-hydrogen) atoms. The number of para-hydroxylation sites is 1. The van der Waals surface area contributed by atoms with Gasteiger partial charge in [-0.05, 0) is 36.2 Å². The molecule has 1 saturated heterocycles. The Balaban J connectivity index is 1.78. The van der Waals surface area contributed by atoms with E-state index in [4.69, 9.17) is 20.7 Å². The van der Waals surface area contributed by atoms with E-state index in [1.54, 1.807) is 19.2 Å². The molecule has 0 aliphatic carbocycles. The van der Waals surface area contributed by atoms with Crippen molar-refractivity contribution in [1.82, 2.24) is 9.55 Å². The van der Waals surface area contributed by atoms with Gasteiger partial charge >= 0.3 is 0 Å². The van der Waals surface area contributed by atoms with Gasteiger partial charge in [-0.2, -0.15) is 5.26 Å². The Labute approximate surface area is 162 Å². The van der Waals surface area contributed by atoms with Gasteiger partial charge in [-0.15, -0.1) is 0 Å². The van der Waals surface area contributed by atoms with Crippen molar-refractivity contribution in [2.24, 2.45) is 5.73 Å². The molecule has 144 valence electrons. The number of rotatable bonds is 4. The van der Waals surface area contributed by atoms with Gasteiger partial charge in [0, 0.05) is 13.1 Å². The maximum Gasteiger partial charge on any atom is 0.207 e. The molecule has 6 nitrogen and oxygen atoms in total. The minimum atomic E-state index is -0.984. The van der Waals surface area contributed by atoms with Gasteiger partial charge in [-0.1, -0.05) is 18.2 Å². The summed E-state index contributed by atoms with van der Waals surface area (Å²) in [7, 11) is 1.62. The molecule has 4 rings (SSSR count). The summed E-state index contributed by atoms with van der Waals surface area (Å²) < 4.78 is 21.5. The van der Waals surface area contributed by atoms with Crippen molar-refractivity contribution in [2.45, 2.75) is 25.2 Å². The molecule has 2 heterocycles. The summed E-state index contributed by atoms with van der Waals surface area (Å²) in [6.45, 7) is 1.56. The summed E-state index contributed by atoms with van der Waals surface area (Å²) in [5, 5.41) is 9.02. The number of imidazole rings is 1. The van der Waals surface area contributed by atoms with Gasteiger partial charge in [0.25, 0.3) is 0 Å². The number of hydrogen-bond donors (Lipinski definition) is 1. The molecular weight excluding hydrogens is 357 g/mol. The molecule has 3 aromatic rings. The van der Waals surface area contributed by atoms with Crippen molar-refractivity contribution in [3.63, 3.8) is 0 Å². The summed E-state index contributed by atoms with van der Waals surface area (Å²) in [6.07, 6.45) is -0.597. The largest absolute Gasteiger partial charge is 0.494 e. The fourth-order valence-corrected chi connectivity index (χ4v) is 3.67. The van der Waals surface area contributed by atoms with Gasteiger partial charge in [0.1, 0.15) is 17.4 Å². The Morgan fingerprint density at radius 1 is 1.29 bits per heavy atom. The quantitative estimate of drug-likeness (QED) is 0.754. The van der Waals surface area contributed by atoms with E-state index in [0.717, 1.165) is 22.5 Å². The number of fused-ring (bicyclic) bond motifs is 1. The van der Waals surface area contributed by atoms with Crippen LogP contribution in [-0.2, 0) is 6.54 Å². The van der Waals surface area contributed by atoms with Gasteiger partial charge in [-0.3, -0.25) is 0 Å². The summed E-state index contributed by atoms with van der Waals surface area (Å²) in [5.41, 5.74) is 9.36. The van der Waals surface area contributed by atoms with Crippen molar-refractivity contribution in [3.05, 3.63) is 53.6 Å². The molecule has 0 amide bonds. The van der Waals surface area contributed by atoms with Gasteiger partial charge in [0.15, 0.2) is 0 Å². The summed E-state index contributed by atoms with van der Waals surface area (Å²) >= 11 is 0. The van der Waals surface area contributed by atoms with E-state index in [1.807, 2.05) is 35.2 Å². The second-order valence-corrected chi connectivity index (χ2v) is 7.05. The number of piperidine rings is 1. The maximum absolute atomic E-state index is 13.9. The van der Waals surface area contributed by atoms with Crippen LogP contribution in [0.5, 0.6) is 5.75 Å². The third kappa shape index (κ3) is 3.27. The fourth-order valence-electron chi connectivity index (χ4n) is 3.67. The van der Waals surface area contributed by atoms with Crippen LogP contribution in [0.3, 0.4) is 0 Å². The second kappa shape index (κ2) is 7.49. The first-order chi connectivity index (χ1) is 13.6. The minimum Gasteiger partial charge on any atom is -0.494 e. The number of hydrogen-bond acceptors (Lipinski definition) is 5. The number of anilines is 1. The highest BCUT2D eigenvalue weighted by Gasteiger charge is 2.29. The highest BCUT2D eigenvalue weighted by molar-refractivity contribution is 5.85. The Bertz CT molecular complexity index is 1020. The molecule has 7 heteroatoms. The van der Waals surface area contributed by atoms with Crippen LogP contribution in [0.4, 0.5) is 10.3 Å². The van der Waals surface area contributed by atoms with Gasteiger partial charge in [-0.25, -0.2) is 9.37 Å². The smallest absolute Gasteiger partial charge is 0.207 e. The number of nitrogens with two attached hydrogens (primary N) is 1. The maximum atomic E-state index is 13.9. The molecule has 0 spiro atoms. The number of nitrogens with zero attached hydrogens (tertiary/aromatic N) is 4. The van der Waals surface area contributed by atoms with E-state index in [9.17, 15) is 4.39 Å². The fraction of sp³-hybridized carbons (Fsp3) is 0.333. The lowest BCUT2D eigenvalue weighted by Gasteiger charge is -2.34. The molecule has 1 fully saturated rings. The zero-order valence-corrected chi connectivity index (χ0v) is 15.7. The number of halogens is 1. The highest BCUT2D eigenvalue weighted by atomic mass is 19.1. The third-order valence-electron chi connectivity index (χ3n) is 5.22. The van der Waals surface area contributed by atoms with Gasteiger partial charge in [0.05, 0.1) is 36.8 Å². The van der Waals surface area contributed by atoms with Crippen LogP contribution in [0.2, 0.25) is 0 Å². The average molecular weight is 379 g/mol. The number of benzene rings is 2. The van der Waals surface area contributed by atoms with Crippen LogP contribution in [0, 0.1) is 11.3 Å². The zero-order valence-electron chi connectivity index (χ0n) is 15.7. The molecule has 1 aliphatic heterocycles. The van der Waals surface area contributed by atoms with Crippen LogP contribution in [0.1, 0.15) is 17.5 Å². The van der Waals surface area contributed by atoms with Crippen molar-refractivity contribution in [1.29, 1.82) is 5.26 Å². The summed E-state index contributed by atoms with van der Waals surface area (Å²) in [4.78, 5) is 6.88. The predicted molar refractivity (Wildman–Crippen MR) is 106 cm³/mol. The molecule has 0 bridgehead atoms. The topological polar surface area (TPSA) is 80.1 Å². The zero-order chi connectivity index (χ0) is 19.7. The van der Waals surface area contributed by atoms with Crippen molar-refractivity contribution >= 4 is 17.0 Å². The van der Waals surface area contributed by atoms with Gasteiger partial charge < -0.3 is 19.9 Å². The number of methoxy groups -OCH3 is 1. The van der Waals surface area contributed by atoms with Crippen LogP contribution in [0.15, 0.2) is 42.5 Å². The number of nitriles is 1. The molecule has 2 aromatic carbocycles. The monoisotopic (exact) mass is 379 g/mol. The SMILES string of the molecule is COc1cccc2c1nc(N1CC[C@@H](F)[C@H](N)C1)n2Cc1ccc(C#N)cc1. The summed E-state index contributed by atoms with van der Waals surface area (Å²) in [6, 6.07) is 14.9. The Kier molecular flexibility index (Phi) is 4.88. The first kappa shape index (κ1) is 18.3. The first-order valence-electron chi connectivity index (χ1n) is 9.27. The molecule has 0 unspecified atom stereocenters. The number of alkyl halides is 1. The molecule has 0 saturated carbocycles. The summed E-state index contributed by atoms with van der Waals surface area (Å²) in [5.74, 6) is 1.45. The lowest BCUT2D eigenvalue weighted by molar-refractivity contribution is 0.243. The Morgan fingerprint density at radius 2 is 2.07 bits per heavy atom. The average Bonchev–Trinajstić information content (AvgIpc) is 3.09. The van der Waals surface area contributed by atoms with Crippen molar-refractivity contribution in [3.8, 4) is 11.8 Å². The first-order valence-corrected chi connectivity index (χ1v) is 9.27. The van der Waals surface area contributed by atoms with Crippen LogP contribution >= 0.6 is 0 Å². The third-order valence-corrected chi connectivity index (χ3v) is 5.22. The van der Waals surface area contributed by atoms with E-state index in [-0.39, 0.29) is 0 Å². The van der Waals surface area contributed by atoms with Crippen molar-refractivity contribution in [2.75, 3.05) is 25.1 Å². The Hall–Kier alpha value is -3.11.